The third-order valence-electron chi connectivity index (χ3n) is 3.68. The molecule has 0 amide bonds. The molecule has 2 atom stereocenters. The zero-order chi connectivity index (χ0) is 13.2. The van der Waals surface area contributed by atoms with E-state index in [9.17, 15) is 8.42 Å². The number of sulfone groups is 1. The van der Waals surface area contributed by atoms with Crippen LogP contribution in [0, 0.1) is 5.92 Å². The molecule has 0 aliphatic carbocycles. The number of hydrogen-bond donors (Lipinski definition) is 1. The monoisotopic (exact) mass is 267 g/mol. The molecule has 2 rings (SSSR count). The topological polar surface area (TPSA) is 60.2 Å². The molecule has 1 aromatic carbocycles. The van der Waals surface area contributed by atoms with Crippen LogP contribution >= 0.6 is 0 Å². The van der Waals surface area contributed by atoms with Gasteiger partial charge >= 0.3 is 0 Å². The first-order valence-electron chi connectivity index (χ1n) is 6.56. The van der Waals surface area contributed by atoms with Crippen LogP contribution in [0.4, 0.5) is 0 Å². The Morgan fingerprint density at radius 1 is 1.33 bits per heavy atom. The predicted molar refractivity (Wildman–Crippen MR) is 74.1 cm³/mol. The molecular weight excluding hydrogens is 246 g/mol. The summed E-state index contributed by atoms with van der Waals surface area (Å²) in [6.45, 7) is 2.16. The highest BCUT2D eigenvalue weighted by molar-refractivity contribution is 7.91. The summed E-state index contributed by atoms with van der Waals surface area (Å²) in [7, 11) is -2.85. The summed E-state index contributed by atoms with van der Waals surface area (Å²) in [5.41, 5.74) is 8.55. The lowest BCUT2D eigenvalue weighted by Gasteiger charge is -2.18. The van der Waals surface area contributed by atoms with Gasteiger partial charge in [-0.3, -0.25) is 0 Å². The van der Waals surface area contributed by atoms with Crippen LogP contribution in [0.25, 0.3) is 0 Å². The van der Waals surface area contributed by atoms with Crippen molar-refractivity contribution < 1.29 is 8.42 Å². The van der Waals surface area contributed by atoms with Crippen LogP contribution in [0.2, 0.25) is 0 Å². The van der Waals surface area contributed by atoms with Crippen molar-refractivity contribution in [2.24, 2.45) is 11.7 Å². The fourth-order valence-corrected chi connectivity index (χ4v) is 4.43. The van der Waals surface area contributed by atoms with E-state index >= 15 is 0 Å². The van der Waals surface area contributed by atoms with Gasteiger partial charge in [-0.15, -0.1) is 0 Å². The van der Waals surface area contributed by atoms with Crippen molar-refractivity contribution in [3.05, 3.63) is 35.4 Å². The minimum Gasteiger partial charge on any atom is -0.324 e. The number of rotatable bonds is 4. The van der Waals surface area contributed by atoms with Crippen molar-refractivity contribution >= 4 is 9.84 Å². The molecule has 1 heterocycles. The van der Waals surface area contributed by atoms with Gasteiger partial charge in [-0.25, -0.2) is 8.42 Å². The Hall–Kier alpha value is -0.870. The zero-order valence-corrected chi connectivity index (χ0v) is 11.6. The van der Waals surface area contributed by atoms with E-state index in [-0.39, 0.29) is 17.7 Å². The molecule has 0 aromatic heterocycles. The smallest absolute Gasteiger partial charge is 0.150 e. The van der Waals surface area contributed by atoms with E-state index in [1.54, 1.807) is 0 Å². The van der Waals surface area contributed by atoms with Crippen LogP contribution in [-0.4, -0.2) is 19.9 Å². The van der Waals surface area contributed by atoms with E-state index in [0.29, 0.717) is 12.2 Å². The SMILES string of the molecule is CCCc1ccc(C(N)C2CCS(=O)(=O)C2)cc1. The van der Waals surface area contributed by atoms with Gasteiger partial charge in [-0.05, 0) is 29.9 Å². The molecule has 18 heavy (non-hydrogen) atoms. The van der Waals surface area contributed by atoms with Crippen LogP contribution < -0.4 is 5.73 Å². The van der Waals surface area contributed by atoms with Gasteiger partial charge in [0.05, 0.1) is 11.5 Å². The van der Waals surface area contributed by atoms with Gasteiger partial charge < -0.3 is 5.73 Å². The molecule has 3 nitrogen and oxygen atoms in total. The molecule has 4 heteroatoms. The van der Waals surface area contributed by atoms with Gasteiger partial charge in [-0.2, -0.15) is 0 Å². The molecule has 1 aromatic rings. The molecule has 0 bridgehead atoms. The quantitative estimate of drug-likeness (QED) is 0.908. The van der Waals surface area contributed by atoms with Crippen molar-refractivity contribution in [2.45, 2.75) is 32.2 Å². The summed E-state index contributed by atoms with van der Waals surface area (Å²) in [4.78, 5) is 0. The number of aryl methyl sites for hydroxylation is 1. The summed E-state index contributed by atoms with van der Waals surface area (Å²) < 4.78 is 22.9. The van der Waals surface area contributed by atoms with Crippen molar-refractivity contribution in [3.63, 3.8) is 0 Å². The largest absolute Gasteiger partial charge is 0.324 e. The van der Waals surface area contributed by atoms with Gasteiger partial charge in [-0.1, -0.05) is 37.6 Å². The molecule has 0 spiro atoms. The van der Waals surface area contributed by atoms with Crippen molar-refractivity contribution in [2.75, 3.05) is 11.5 Å². The zero-order valence-electron chi connectivity index (χ0n) is 10.8. The summed E-state index contributed by atoms with van der Waals surface area (Å²) >= 11 is 0. The second-order valence-corrected chi connectivity index (χ2v) is 7.41. The maximum absolute atomic E-state index is 11.5. The van der Waals surface area contributed by atoms with Crippen LogP contribution in [0.3, 0.4) is 0 Å². The number of nitrogens with two attached hydrogens (primary N) is 1. The van der Waals surface area contributed by atoms with Crippen LogP contribution in [0.1, 0.15) is 36.9 Å². The van der Waals surface area contributed by atoms with E-state index in [1.807, 2.05) is 12.1 Å². The van der Waals surface area contributed by atoms with Crippen molar-refractivity contribution in [1.29, 1.82) is 0 Å². The summed E-state index contributed by atoms with van der Waals surface area (Å²) in [5.74, 6) is 0.608. The lowest BCUT2D eigenvalue weighted by molar-refractivity contribution is 0.480. The third kappa shape index (κ3) is 3.12. The Kier molecular flexibility index (Phi) is 4.07. The van der Waals surface area contributed by atoms with Gasteiger partial charge in [0.25, 0.3) is 0 Å². The molecule has 1 aliphatic heterocycles. The van der Waals surface area contributed by atoms with Crippen LogP contribution in [-0.2, 0) is 16.3 Å². The molecule has 1 saturated heterocycles. The second kappa shape index (κ2) is 5.41. The normalized spacial score (nSPS) is 24.0. The van der Waals surface area contributed by atoms with E-state index < -0.39 is 9.84 Å². The summed E-state index contributed by atoms with van der Waals surface area (Å²) in [6.07, 6.45) is 2.90. The average Bonchev–Trinajstić information content (AvgIpc) is 2.70. The van der Waals surface area contributed by atoms with E-state index in [1.165, 1.54) is 5.56 Å². The first kappa shape index (κ1) is 13.6. The van der Waals surface area contributed by atoms with E-state index in [0.717, 1.165) is 18.4 Å². The van der Waals surface area contributed by atoms with E-state index in [2.05, 4.69) is 19.1 Å². The van der Waals surface area contributed by atoms with Gasteiger partial charge in [0.15, 0.2) is 9.84 Å². The maximum atomic E-state index is 11.5. The Balaban J connectivity index is 2.07. The predicted octanol–water partition coefficient (Wildman–Crippen LogP) is 2.07. The average molecular weight is 267 g/mol. The van der Waals surface area contributed by atoms with Crippen LogP contribution in [0.15, 0.2) is 24.3 Å². The first-order valence-corrected chi connectivity index (χ1v) is 8.39. The number of hydrogen-bond acceptors (Lipinski definition) is 3. The van der Waals surface area contributed by atoms with Crippen molar-refractivity contribution in [1.82, 2.24) is 0 Å². The van der Waals surface area contributed by atoms with Gasteiger partial charge in [0.2, 0.25) is 0 Å². The highest BCUT2D eigenvalue weighted by Gasteiger charge is 2.32. The van der Waals surface area contributed by atoms with Crippen LogP contribution in [0.5, 0.6) is 0 Å². The Bertz CT molecular complexity index is 493. The first-order chi connectivity index (χ1) is 8.52. The summed E-state index contributed by atoms with van der Waals surface area (Å²) in [6, 6.07) is 8.13. The molecule has 0 saturated carbocycles. The highest BCUT2D eigenvalue weighted by Crippen LogP contribution is 2.29. The standard InChI is InChI=1S/C14H21NO2S/c1-2-3-11-4-6-12(7-5-11)14(15)13-8-9-18(16,17)10-13/h4-7,13-14H,2-3,8-10,15H2,1H3. The fraction of sp³-hybridized carbons (Fsp3) is 0.571. The molecule has 0 radical (unpaired) electrons. The lowest BCUT2D eigenvalue weighted by atomic mass is 9.92. The lowest BCUT2D eigenvalue weighted by Crippen LogP contribution is -2.22. The Morgan fingerprint density at radius 2 is 2.00 bits per heavy atom. The minimum atomic E-state index is -2.85. The highest BCUT2D eigenvalue weighted by atomic mass is 32.2. The molecule has 100 valence electrons. The minimum absolute atomic E-state index is 0.0759. The molecular formula is C14H21NO2S. The number of benzene rings is 1. The Labute approximate surface area is 109 Å². The molecule has 2 N–H and O–H groups in total. The third-order valence-corrected chi connectivity index (χ3v) is 5.47. The molecule has 2 unspecified atom stereocenters. The van der Waals surface area contributed by atoms with Crippen molar-refractivity contribution in [3.8, 4) is 0 Å². The molecule has 1 aliphatic rings. The fourth-order valence-electron chi connectivity index (χ4n) is 2.57. The van der Waals surface area contributed by atoms with Gasteiger partial charge in [0, 0.05) is 6.04 Å². The second-order valence-electron chi connectivity index (χ2n) is 5.18. The molecule has 1 fully saturated rings. The van der Waals surface area contributed by atoms with E-state index in [4.69, 9.17) is 5.73 Å². The summed E-state index contributed by atoms with van der Waals surface area (Å²) in [5, 5.41) is 0. The van der Waals surface area contributed by atoms with Gasteiger partial charge in [0.1, 0.15) is 0 Å². The Morgan fingerprint density at radius 3 is 2.50 bits per heavy atom. The maximum Gasteiger partial charge on any atom is 0.150 e.